The maximum Gasteiger partial charge on any atom is 0.115 e. The molecule has 4 heteroatoms. The number of halogens is 1. The molecule has 0 radical (unpaired) electrons. The first kappa shape index (κ1) is 11.2. The van der Waals surface area contributed by atoms with Crippen molar-refractivity contribution in [2.45, 2.75) is 17.9 Å². The lowest BCUT2D eigenvalue weighted by atomic mass is 10.4. The van der Waals surface area contributed by atoms with Crippen LogP contribution in [0, 0.1) is 0 Å². The molecule has 1 rings (SSSR count). The number of thioether (sulfide) groups is 1. The van der Waals surface area contributed by atoms with Crippen molar-refractivity contribution in [3.63, 3.8) is 0 Å². The Labute approximate surface area is 93.7 Å². The SMILES string of the molecule is SCCCCSc1ncccc1Cl. The number of unbranched alkanes of at least 4 members (excludes halogenated alkanes) is 1. The largest absolute Gasteiger partial charge is 0.248 e. The van der Waals surface area contributed by atoms with Gasteiger partial charge in [-0.15, -0.1) is 11.8 Å². The molecule has 0 aliphatic heterocycles. The standard InChI is InChI=1S/C9H12ClNS2/c10-8-4-3-5-11-9(8)13-7-2-1-6-12/h3-5,12H,1-2,6-7H2. The second kappa shape index (κ2) is 6.57. The lowest BCUT2D eigenvalue weighted by Gasteiger charge is -2.01. The predicted molar refractivity (Wildman–Crippen MR) is 63.1 cm³/mol. The molecule has 0 aliphatic carbocycles. The number of aromatic nitrogens is 1. The zero-order chi connectivity index (χ0) is 9.52. The Kier molecular flexibility index (Phi) is 5.67. The van der Waals surface area contributed by atoms with Crippen LogP contribution in [-0.4, -0.2) is 16.5 Å². The Morgan fingerprint density at radius 2 is 2.31 bits per heavy atom. The van der Waals surface area contributed by atoms with Gasteiger partial charge in [0.15, 0.2) is 0 Å². The van der Waals surface area contributed by atoms with Gasteiger partial charge in [-0.25, -0.2) is 4.98 Å². The highest BCUT2D eigenvalue weighted by Crippen LogP contribution is 2.24. The highest BCUT2D eigenvalue weighted by atomic mass is 35.5. The Bertz CT molecular complexity index is 255. The molecule has 0 unspecified atom stereocenters. The van der Waals surface area contributed by atoms with Gasteiger partial charge >= 0.3 is 0 Å². The van der Waals surface area contributed by atoms with Gasteiger partial charge in [-0.2, -0.15) is 12.6 Å². The van der Waals surface area contributed by atoms with Crippen molar-refractivity contribution in [3.8, 4) is 0 Å². The number of hydrogen-bond acceptors (Lipinski definition) is 3. The van der Waals surface area contributed by atoms with Crippen molar-refractivity contribution in [3.05, 3.63) is 23.4 Å². The van der Waals surface area contributed by atoms with Crippen molar-refractivity contribution in [1.82, 2.24) is 4.98 Å². The van der Waals surface area contributed by atoms with E-state index >= 15 is 0 Å². The molecule has 0 fully saturated rings. The highest BCUT2D eigenvalue weighted by molar-refractivity contribution is 7.99. The van der Waals surface area contributed by atoms with E-state index in [1.807, 2.05) is 12.1 Å². The molecule has 0 N–H and O–H groups in total. The number of hydrogen-bond donors (Lipinski definition) is 1. The van der Waals surface area contributed by atoms with Gasteiger partial charge in [0.1, 0.15) is 5.03 Å². The summed E-state index contributed by atoms with van der Waals surface area (Å²) in [6.45, 7) is 0. The van der Waals surface area contributed by atoms with Gasteiger partial charge in [0.25, 0.3) is 0 Å². The third kappa shape index (κ3) is 4.25. The van der Waals surface area contributed by atoms with E-state index in [9.17, 15) is 0 Å². The zero-order valence-corrected chi connectivity index (χ0v) is 9.71. The van der Waals surface area contributed by atoms with E-state index in [0.717, 1.165) is 28.0 Å². The van der Waals surface area contributed by atoms with Crippen LogP contribution in [0.3, 0.4) is 0 Å². The van der Waals surface area contributed by atoms with E-state index in [1.165, 1.54) is 6.42 Å². The van der Waals surface area contributed by atoms with Crippen LogP contribution in [0.4, 0.5) is 0 Å². The van der Waals surface area contributed by atoms with E-state index in [4.69, 9.17) is 11.6 Å². The van der Waals surface area contributed by atoms with E-state index in [1.54, 1.807) is 18.0 Å². The minimum Gasteiger partial charge on any atom is -0.248 e. The number of thiol groups is 1. The lowest BCUT2D eigenvalue weighted by molar-refractivity contribution is 0.908. The van der Waals surface area contributed by atoms with Crippen molar-refractivity contribution in [2.75, 3.05) is 11.5 Å². The molecule has 0 aromatic carbocycles. The fourth-order valence-electron chi connectivity index (χ4n) is 0.860. The highest BCUT2D eigenvalue weighted by Gasteiger charge is 1.99. The molecule has 0 bridgehead atoms. The average molecular weight is 234 g/mol. The zero-order valence-electron chi connectivity index (χ0n) is 7.24. The monoisotopic (exact) mass is 233 g/mol. The number of pyridine rings is 1. The van der Waals surface area contributed by atoms with Crippen LogP contribution in [0.25, 0.3) is 0 Å². The Morgan fingerprint density at radius 1 is 1.46 bits per heavy atom. The first-order valence-electron chi connectivity index (χ1n) is 4.19. The summed E-state index contributed by atoms with van der Waals surface area (Å²) in [5.41, 5.74) is 0. The van der Waals surface area contributed by atoms with E-state index in [0.29, 0.717) is 0 Å². The molecule has 1 aromatic rings. The molecule has 0 spiro atoms. The van der Waals surface area contributed by atoms with Crippen molar-refractivity contribution >= 4 is 36.0 Å². The fraction of sp³-hybridized carbons (Fsp3) is 0.444. The van der Waals surface area contributed by atoms with Gasteiger partial charge in [0.05, 0.1) is 5.02 Å². The van der Waals surface area contributed by atoms with Crippen molar-refractivity contribution < 1.29 is 0 Å². The summed E-state index contributed by atoms with van der Waals surface area (Å²) in [6.07, 6.45) is 4.09. The molecule has 0 aliphatic rings. The Balaban J connectivity index is 2.32. The molecule has 72 valence electrons. The number of rotatable bonds is 5. The van der Waals surface area contributed by atoms with Crippen LogP contribution in [0.2, 0.25) is 5.02 Å². The first-order valence-corrected chi connectivity index (χ1v) is 6.18. The van der Waals surface area contributed by atoms with E-state index in [2.05, 4.69) is 17.6 Å². The van der Waals surface area contributed by atoms with Gasteiger partial charge in [0.2, 0.25) is 0 Å². The van der Waals surface area contributed by atoms with Gasteiger partial charge in [-0.05, 0) is 36.5 Å². The first-order chi connectivity index (χ1) is 6.34. The van der Waals surface area contributed by atoms with Crippen molar-refractivity contribution in [1.29, 1.82) is 0 Å². The summed E-state index contributed by atoms with van der Waals surface area (Å²) < 4.78 is 0. The normalized spacial score (nSPS) is 10.3. The maximum absolute atomic E-state index is 5.94. The second-order valence-electron chi connectivity index (χ2n) is 2.57. The third-order valence-electron chi connectivity index (χ3n) is 1.52. The molecular formula is C9H12ClNS2. The minimum atomic E-state index is 0.748. The van der Waals surface area contributed by atoms with Crippen LogP contribution in [0.5, 0.6) is 0 Å². The fourth-order valence-corrected chi connectivity index (χ4v) is 2.25. The van der Waals surface area contributed by atoms with Crippen LogP contribution >= 0.6 is 36.0 Å². The number of nitrogens with zero attached hydrogens (tertiary/aromatic N) is 1. The molecule has 0 amide bonds. The molecule has 13 heavy (non-hydrogen) atoms. The van der Waals surface area contributed by atoms with Crippen LogP contribution in [0.1, 0.15) is 12.8 Å². The summed E-state index contributed by atoms with van der Waals surface area (Å²) in [7, 11) is 0. The summed E-state index contributed by atoms with van der Waals surface area (Å²) >= 11 is 11.8. The molecule has 1 aromatic heterocycles. The minimum absolute atomic E-state index is 0.748. The van der Waals surface area contributed by atoms with E-state index < -0.39 is 0 Å². The van der Waals surface area contributed by atoms with Crippen LogP contribution in [-0.2, 0) is 0 Å². The molecule has 1 heterocycles. The molecule has 0 saturated carbocycles. The predicted octanol–water partition coefficient (Wildman–Crippen LogP) is 3.54. The molecule has 0 saturated heterocycles. The second-order valence-corrected chi connectivity index (χ2v) is 4.51. The summed E-state index contributed by atoms with van der Waals surface area (Å²) in [4.78, 5) is 4.19. The smallest absolute Gasteiger partial charge is 0.115 e. The average Bonchev–Trinajstić information content (AvgIpc) is 2.15. The van der Waals surface area contributed by atoms with E-state index in [-0.39, 0.29) is 0 Å². The van der Waals surface area contributed by atoms with Gasteiger partial charge < -0.3 is 0 Å². The third-order valence-corrected chi connectivity index (χ3v) is 3.34. The van der Waals surface area contributed by atoms with Crippen LogP contribution < -0.4 is 0 Å². The lowest BCUT2D eigenvalue weighted by Crippen LogP contribution is -1.85. The molecule has 1 nitrogen and oxygen atoms in total. The topological polar surface area (TPSA) is 12.9 Å². The Hall–Kier alpha value is 0.140. The van der Waals surface area contributed by atoms with Gasteiger partial charge in [0, 0.05) is 6.20 Å². The maximum atomic E-state index is 5.94. The van der Waals surface area contributed by atoms with Gasteiger partial charge in [-0.1, -0.05) is 11.6 Å². The summed E-state index contributed by atoms with van der Waals surface area (Å²) in [6, 6.07) is 3.72. The Morgan fingerprint density at radius 3 is 3.00 bits per heavy atom. The van der Waals surface area contributed by atoms with Gasteiger partial charge in [-0.3, -0.25) is 0 Å². The van der Waals surface area contributed by atoms with Crippen molar-refractivity contribution in [2.24, 2.45) is 0 Å². The summed E-state index contributed by atoms with van der Waals surface area (Å²) in [5.74, 6) is 2.02. The van der Waals surface area contributed by atoms with Crippen LogP contribution in [0.15, 0.2) is 23.4 Å². The molecule has 0 atom stereocenters. The summed E-state index contributed by atoms with van der Waals surface area (Å²) in [5, 5.41) is 1.68. The quantitative estimate of drug-likeness (QED) is 0.475. The molecular weight excluding hydrogens is 222 g/mol.